The van der Waals surface area contributed by atoms with Gasteiger partial charge in [0.25, 0.3) is 5.91 Å². The van der Waals surface area contributed by atoms with Crippen molar-refractivity contribution in [3.63, 3.8) is 0 Å². The van der Waals surface area contributed by atoms with Gasteiger partial charge in [-0.05, 0) is 6.07 Å². The minimum absolute atomic E-state index is 0.112. The molecule has 0 aromatic carbocycles. The molecule has 26 heavy (non-hydrogen) atoms. The molecule has 2 amide bonds. The third kappa shape index (κ3) is 3.51. The molecule has 3 heterocycles. The normalized spacial score (nSPS) is 24.2. The van der Waals surface area contributed by atoms with Crippen molar-refractivity contribution in [1.82, 2.24) is 14.8 Å². The molecular formula is C16H21N3O6S. The van der Waals surface area contributed by atoms with Crippen LogP contribution in [0.3, 0.4) is 0 Å². The Labute approximate surface area is 151 Å². The van der Waals surface area contributed by atoms with Crippen LogP contribution in [0.5, 0.6) is 5.88 Å². The first-order valence-corrected chi connectivity index (χ1v) is 9.98. The van der Waals surface area contributed by atoms with Crippen LogP contribution >= 0.6 is 0 Å². The highest BCUT2D eigenvalue weighted by Gasteiger charge is 2.49. The Bertz CT molecular complexity index is 812. The van der Waals surface area contributed by atoms with Crippen molar-refractivity contribution < 1.29 is 27.5 Å². The summed E-state index contributed by atoms with van der Waals surface area (Å²) in [6.45, 7) is 0.418. The Morgan fingerprint density at radius 3 is 2.50 bits per heavy atom. The maximum absolute atomic E-state index is 12.9. The Balaban J connectivity index is 1.87. The molecule has 0 bridgehead atoms. The summed E-state index contributed by atoms with van der Waals surface area (Å²) in [5.41, 5.74) is 0.372. The predicted octanol–water partition coefficient (Wildman–Crippen LogP) is -0.813. The van der Waals surface area contributed by atoms with Crippen LogP contribution in [0.4, 0.5) is 0 Å². The molecule has 0 saturated carbocycles. The summed E-state index contributed by atoms with van der Waals surface area (Å²) in [7, 11) is -0.469. The summed E-state index contributed by atoms with van der Waals surface area (Å²) >= 11 is 0. The van der Waals surface area contributed by atoms with E-state index in [0.717, 1.165) is 0 Å². The van der Waals surface area contributed by atoms with E-state index in [-0.39, 0.29) is 43.0 Å². The van der Waals surface area contributed by atoms with E-state index in [2.05, 4.69) is 4.98 Å². The maximum Gasteiger partial charge on any atom is 0.254 e. The van der Waals surface area contributed by atoms with E-state index in [9.17, 15) is 18.0 Å². The van der Waals surface area contributed by atoms with Gasteiger partial charge in [0, 0.05) is 38.0 Å². The molecule has 1 aromatic rings. The third-order valence-electron chi connectivity index (χ3n) is 4.72. The van der Waals surface area contributed by atoms with Gasteiger partial charge in [0.05, 0.1) is 30.7 Å². The molecule has 1 aromatic heterocycles. The van der Waals surface area contributed by atoms with Crippen molar-refractivity contribution in [1.29, 1.82) is 0 Å². The summed E-state index contributed by atoms with van der Waals surface area (Å²) in [6.07, 6.45) is 1.47. The highest BCUT2D eigenvalue weighted by molar-refractivity contribution is 7.91. The number of rotatable bonds is 4. The van der Waals surface area contributed by atoms with E-state index in [4.69, 9.17) is 9.47 Å². The lowest BCUT2D eigenvalue weighted by Crippen LogP contribution is -2.62. The molecule has 2 aliphatic heterocycles. The quantitative estimate of drug-likeness (QED) is 0.669. The zero-order valence-electron chi connectivity index (χ0n) is 14.6. The molecule has 10 heteroatoms. The minimum Gasteiger partial charge on any atom is -0.481 e. The summed E-state index contributed by atoms with van der Waals surface area (Å²) in [6, 6.07) is 1.96. The Morgan fingerprint density at radius 2 is 1.85 bits per heavy atom. The van der Waals surface area contributed by atoms with Gasteiger partial charge in [-0.15, -0.1) is 0 Å². The van der Waals surface area contributed by atoms with Gasteiger partial charge in [-0.2, -0.15) is 0 Å². The lowest BCUT2D eigenvalue weighted by molar-refractivity contribution is -0.140. The number of hydrogen-bond acceptors (Lipinski definition) is 7. The average molecular weight is 383 g/mol. The second-order valence-corrected chi connectivity index (χ2v) is 8.47. The largest absolute Gasteiger partial charge is 0.481 e. The summed E-state index contributed by atoms with van der Waals surface area (Å²) in [5, 5.41) is 0. The SMILES string of the molecule is COCC(=O)N1CCN(C(=O)c2ccnc(OC)c2)[C@H]2CS(=O)(=O)C[C@H]21. The molecule has 0 radical (unpaired) electrons. The van der Waals surface area contributed by atoms with Crippen molar-refractivity contribution in [3.05, 3.63) is 23.9 Å². The number of amides is 2. The highest BCUT2D eigenvalue weighted by Crippen LogP contribution is 2.28. The molecule has 2 atom stereocenters. The third-order valence-corrected chi connectivity index (χ3v) is 6.41. The number of sulfone groups is 1. The summed E-state index contributed by atoms with van der Waals surface area (Å²) in [5.74, 6) is -0.548. The first-order valence-electron chi connectivity index (χ1n) is 8.16. The van der Waals surface area contributed by atoms with Crippen LogP contribution in [0.25, 0.3) is 0 Å². The molecule has 3 rings (SSSR count). The Morgan fingerprint density at radius 1 is 1.19 bits per heavy atom. The van der Waals surface area contributed by atoms with E-state index >= 15 is 0 Å². The van der Waals surface area contributed by atoms with Crippen molar-refractivity contribution in [2.75, 3.05) is 45.4 Å². The first-order chi connectivity index (χ1) is 12.4. The standard InChI is InChI=1S/C16H21N3O6S/c1-24-8-15(20)18-5-6-19(13-10-26(22,23)9-12(13)18)16(21)11-3-4-17-14(7-11)25-2/h3-4,7,12-13H,5-6,8-10H2,1-2H3/t12-,13+/m1/s1. The molecule has 2 aliphatic rings. The zero-order chi connectivity index (χ0) is 18.9. The number of pyridine rings is 1. The number of aromatic nitrogens is 1. The summed E-state index contributed by atoms with van der Waals surface area (Å²) < 4.78 is 34.3. The first kappa shape index (κ1) is 18.6. The highest BCUT2D eigenvalue weighted by atomic mass is 32.2. The van der Waals surface area contributed by atoms with Crippen molar-refractivity contribution >= 4 is 21.7 Å². The molecular weight excluding hydrogens is 362 g/mol. The molecule has 0 unspecified atom stereocenters. The predicted molar refractivity (Wildman–Crippen MR) is 91.6 cm³/mol. The van der Waals surface area contributed by atoms with Crippen LogP contribution in [0.15, 0.2) is 18.3 Å². The fourth-order valence-electron chi connectivity index (χ4n) is 3.54. The molecule has 0 aliphatic carbocycles. The van der Waals surface area contributed by atoms with Gasteiger partial charge < -0.3 is 19.3 Å². The lowest BCUT2D eigenvalue weighted by atomic mass is 10.0. The molecule has 9 nitrogen and oxygen atoms in total. The van der Waals surface area contributed by atoms with Crippen LogP contribution < -0.4 is 4.74 Å². The van der Waals surface area contributed by atoms with E-state index in [1.165, 1.54) is 31.4 Å². The Kier molecular flexibility index (Phi) is 5.15. The van der Waals surface area contributed by atoms with Crippen molar-refractivity contribution in [2.24, 2.45) is 0 Å². The number of methoxy groups -OCH3 is 2. The van der Waals surface area contributed by atoms with E-state index in [1.807, 2.05) is 0 Å². The second-order valence-electron chi connectivity index (χ2n) is 6.32. The van der Waals surface area contributed by atoms with E-state index < -0.39 is 21.9 Å². The van der Waals surface area contributed by atoms with Crippen LogP contribution in [-0.2, 0) is 19.4 Å². The molecule has 142 valence electrons. The smallest absolute Gasteiger partial charge is 0.254 e. The van der Waals surface area contributed by atoms with Crippen molar-refractivity contribution in [3.8, 4) is 5.88 Å². The topological polar surface area (TPSA) is 106 Å². The van der Waals surface area contributed by atoms with Crippen molar-refractivity contribution in [2.45, 2.75) is 12.1 Å². The van der Waals surface area contributed by atoms with Crippen LogP contribution in [-0.4, -0.2) is 92.5 Å². The average Bonchev–Trinajstić information content (AvgIpc) is 2.95. The number of hydrogen-bond donors (Lipinski definition) is 0. The van der Waals surface area contributed by atoms with Crippen LogP contribution in [0.2, 0.25) is 0 Å². The number of nitrogens with zero attached hydrogens (tertiary/aromatic N) is 3. The minimum atomic E-state index is -3.34. The van der Waals surface area contributed by atoms with E-state index in [1.54, 1.807) is 11.0 Å². The second kappa shape index (κ2) is 7.20. The fraction of sp³-hybridized carbons (Fsp3) is 0.562. The van der Waals surface area contributed by atoms with Gasteiger partial charge in [0.15, 0.2) is 9.84 Å². The van der Waals surface area contributed by atoms with Gasteiger partial charge in [0.1, 0.15) is 6.61 Å². The molecule has 0 N–H and O–H groups in total. The molecule has 0 spiro atoms. The Hall–Kier alpha value is -2.20. The zero-order valence-corrected chi connectivity index (χ0v) is 15.4. The number of carbonyl (C=O) groups is 2. The molecule has 2 saturated heterocycles. The van der Waals surface area contributed by atoms with Gasteiger partial charge in [-0.1, -0.05) is 0 Å². The maximum atomic E-state index is 12.9. The fourth-order valence-corrected chi connectivity index (χ4v) is 5.52. The number of fused-ring (bicyclic) bond motifs is 1. The lowest BCUT2D eigenvalue weighted by Gasteiger charge is -2.43. The summed E-state index contributed by atoms with van der Waals surface area (Å²) in [4.78, 5) is 32.2. The number of piperazine rings is 1. The van der Waals surface area contributed by atoms with Crippen LogP contribution in [0.1, 0.15) is 10.4 Å². The van der Waals surface area contributed by atoms with Gasteiger partial charge in [0.2, 0.25) is 11.8 Å². The van der Waals surface area contributed by atoms with Gasteiger partial charge in [-0.25, -0.2) is 13.4 Å². The molecule has 2 fully saturated rings. The van der Waals surface area contributed by atoms with Gasteiger partial charge in [-0.3, -0.25) is 9.59 Å². The number of ether oxygens (including phenoxy) is 2. The van der Waals surface area contributed by atoms with Gasteiger partial charge >= 0.3 is 0 Å². The van der Waals surface area contributed by atoms with Crippen LogP contribution in [0, 0.1) is 0 Å². The monoisotopic (exact) mass is 383 g/mol. The number of carbonyl (C=O) groups excluding carboxylic acids is 2. The van der Waals surface area contributed by atoms with E-state index in [0.29, 0.717) is 11.4 Å².